The van der Waals surface area contributed by atoms with Crippen LogP contribution < -0.4 is 5.32 Å². The van der Waals surface area contributed by atoms with E-state index in [0.717, 1.165) is 12.8 Å². The highest BCUT2D eigenvalue weighted by atomic mass is 16.5. The minimum absolute atomic E-state index is 0.0431. The van der Waals surface area contributed by atoms with Gasteiger partial charge in [0.15, 0.2) is 0 Å². The number of carbonyl (C=O) groups excluding carboxylic acids is 1. The van der Waals surface area contributed by atoms with Crippen LogP contribution in [0.15, 0.2) is 0 Å². The summed E-state index contributed by atoms with van der Waals surface area (Å²) in [7, 11) is 0. The molecule has 0 atom stereocenters. The Labute approximate surface area is 101 Å². The molecule has 2 aliphatic carbocycles. The Kier molecular flexibility index (Phi) is 3.12. The van der Waals surface area contributed by atoms with Gasteiger partial charge in [-0.25, -0.2) is 0 Å². The fourth-order valence-corrected chi connectivity index (χ4v) is 1.94. The van der Waals surface area contributed by atoms with Crippen LogP contribution in [0, 0.1) is 10.8 Å². The molecule has 0 radical (unpaired) electrons. The van der Waals surface area contributed by atoms with Gasteiger partial charge < -0.3 is 15.2 Å². The van der Waals surface area contributed by atoms with E-state index in [9.17, 15) is 9.59 Å². The standard InChI is InChI=1S/C12H19NO4/c1-2-17-8-12(5-6-12)9(14)13-7-11(3-4-11)10(15)16/h2-8H2,1H3,(H,13,14)(H,15,16). The Morgan fingerprint density at radius 2 is 1.82 bits per heavy atom. The Hall–Kier alpha value is -1.10. The lowest BCUT2D eigenvalue weighted by atomic mass is 10.1. The van der Waals surface area contributed by atoms with Gasteiger partial charge >= 0.3 is 5.97 Å². The molecule has 0 spiro atoms. The molecule has 2 saturated carbocycles. The first-order valence-electron chi connectivity index (χ1n) is 6.14. The number of hydrogen-bond donors (Lipinski definition) is 2. The highest BCUT2D eigenvalue weighted by Gasteiger charge is 2.53. The highest BCUT2D eigenvalue weighted by Crippen LogP contribution is 2.48. The van der Waals surface area contributed by atoms with E-state index < -0.39 is 11.4 Å². The molecule has 0 unspecified atom stereocenters. The zero-order valence-electron chi connectivity index (χ0n) is 10.1. The predicted octanol–water partition coefficient (Wildman–Crippen LogP) is 0.784. The average molecular weight is 241 g/mol. The van der Waals surface area contributed by atoms with Crippen LogP contribution in [-0.4, -0.2) is 36.7 Å². The second-order valence-electron chi connectivity index (χ2n) is 5.19. The first-order chi connectivity index (χ1) is 8.05. The smallest absolute Gasteiger partial charge is 0.311 e. The second-order valence-corrected chi connectivity index (χ2v) is 5.19. The molecule has 2 fully saturated rings. The van der Waals surface area contributed by atoms with Crippen LogP contribution in [0.3, 0.4) is 0 Å². The molecule has 0 bridgehead atoms. The first-order valence-corrected chi connectivity index (χ1v) is 6.14. The lowest BCUT2D eigenvalue weighted by molar-refractivity contribution is -0.143. The normalized spacial score (nSPS) is 22.9. The Morgan fingerprint density at radius 1 is 1.24 bits per heavy atom. The van der Waals surface area contributed by atoms with E-state index in [0.29, 0.717) is 26.1 Å². The van der Waals surface area contributed by atoms with Gasteiger partial charge in [-0.3, -0.25) is 9.59 Å². The monoisotopic (exact) mass is 241 g/mol. The summed E-state index contributed by atoms with van der Waals surface area (Å²) in [4.78, 5) is 22.9. The number of carboxylic acid groups (broad SMARTS) is 1. The Morgan fingerprint density at radius 3 is 2.24 bits per heavy atom. The maximum atomic E-state index is 11.9. The second kappa shape index (κ2) is 4.29. The SMILES string of the molecule is CCOCC1(C(=O)NCC2(C(=O)O)CC2)CC1. The van der Waals surface area contributed by atoms with Crippen LogP contribution in [0.2, 0.25) is 0 Å². The third kappa shape index (κ3) is 2.44. The number of ether oxygens (including phenoxy) is 1. The largest absolute Gasteiger partial charge is 0.481 e. The number of hydrogen-bond acceptors (Lipinski definition) is 3. The van der Waals surface area contributed by atoms with Gasteiger partial charge in [0.25, 0.3) is 0 Å². The van der Waals surface area contributed by atoms with Crippen molar-refractivity contribution in [2.24, 2.45) is 10.8 Å². The van der Waals surface area contributed by atoms with Crippen molar-refractivity contribution >= 4 is 11.9 Å². The lowest BCUT2D eigenvalue weighted by Gasteiger charge is -2.17. The summed E-state index contributed by atoms with van der Waals surface area (Å²) in [5.74, 6) is -0.842. The maximum absolute atomic E-state index is 11.9. The lowest BCUT2D eigenvalue weighted by Crippen LogP contribution is -2.40. The maximum Gasteiger partial charge on any atom is 0.311 e. The summed E-state index contributed by atoms with van der Waals surface area (Å²) in [6, 6.07) is 0. The van der Waals surface area contributed by atoms with Gasteiger partial charge in [-0.1, -0.05) is 0 Å². The van der Waals surface area contributed by atoms with Crippen molar-refractivity contribution in [3.63, 3.8) is 0 Å². The van der Waals surface area contributed by atoms with Crippen LogP contribution in [0.25, 0.3) is 0 Å². The minimum atomic E-state index is -0.799. The van der Waals surface area contributed by atoms with Crippen molar-refractivity contribution in [1.82, 2.24) is 5.32 Å². The molecule has 0 heterocycles. The molecule has 5 heteroatoms. The number of carboxylic acids is 1. The van der Waals surface area contributed by atoms with Crippen molar-refractivity contribution < 1.29 is 19.4 Å². The van der Waals surface area contributed by atoms with E-state index in [1.807, 2.05) is 6.92 Å². The topological polar surface area (TPSA) is 75.6 Å². The van der Waals surface area contributed by atoms with Crippen LogP contribution in [0.1, 0.15) is 32.6 Å². The molecule has 1 amide bonds. The van der Waals surface area contributed by atoms with E-state index in [2.05, 4.69) is 5.32 Å². The van der Waals surface area contributed by atoms with Crippen molar-refractivity contribution in [3.8, 4) is 0 Å². The molecule has 0 aromatic carbocycles. The minimum Gasteiger partial charge on any atom is -0.481 e. The molecule has 96 valence electrons. The molecule has 2 N–H and O–H groups in total. The van der Waals surface area contributed by atoms with E-state index in [1.54, 1.807) is 0 Å². The van der Waals surface area contributed by atoms with E-state index in [1.165, 1.54) is 0 Å². The van der Waals surface area contributed by atoms with Gasteiger partial charge in [0, 0.05) is 13.2 Å². The van der Waals surface area contributed by atoms with Crippen molar-refractivity contribution in [3.05, 3.63) is 0 Å². The molecule has 17 heavy (non-hydrogen) atoms. The summed E-state index contributed by atoms with van der Waals surface area (Å²) < 4.78 is 5.30. The van der Waals surface area contributed by atoms with Gasteiger partial charge in [-0.05, 0) is 32.6 Å². The molecular formula is C12H19NO4. The van der Waals surface area contributed by atoms with Gasteiger partial charge in [0.05, 0.1) is 17.4 Å². The fourth-order valence-electron chi connectivity index (χ4n) is 1.94. The number of carbonyl (C=O) groups is 2. The molecule has 0 aromatic heterocycles. The summed E-state index contributed by atoms with van der Waals surface area (Å²) in [5, 5.41) is 11.8. The third-order valence-corrected chi connectivity index (χ3v) is 3.81. The van der Waals surface area contributed by atoms with Crippen molar-refractivity contribution in [1.29, 1.82) is 0 Å². The molecule has 2 rings (SSSR count). The highest BCUT2D eigenvalue weighted by molar-refractivity contribution is 5.86. The quantitative estimate of drug-likeness (QED) is 0.690. The van der Waals surface area contributed by atoms with Crippen LogP contribution in [-0.2, 0) is 14.3 Å². The molecule has 0 aliphatic heterocycles. The van der Waals surface area contributed by atoms with Crippen molar-refractivity contribution in [2.45, 2.75) is 32.6 Å². The number of nitrogens with one attached hydrogen (secondary N) is 1. The van der Waals surface area contributed by atoms with Gasteiger partial charge in [-0.15, -0.1) is 0 Å². The van der Waals surface area contributed by atoms with Crippen LogP contribution in [0.5, 0.6) is 0 Å². The van der Waals surface area contributed by atoms with Gasteiger partial charge in [-0.2, -0.15) is 0 Å². The zero-order valence-corrected chi connectivity index (χ0v) is 10.1. The number of amides is 1. The molecular weight excluding hydrogens is 222 g/mol. The van der Waals surface area contributed by atoms with Gasteiger partial charge in [0.2, 0.25) is 5.91 Å². The van der Waals surface area contributed by atoms with Gasteiger partial charge in [0.1, 0.15) is 0 Å². The molecule has 0 aromatic rings. The number of aliphatic carboxylic acids is 1. The number of rotatable bonds is 7. The van der Waals surface area contributed by atoms with Crippen molar-refractivity contribution in [2.75, 3.05) is 19.8 Å². The first kappa shape index (κ1) is 12.4. The van der Waals surface area contributed by atoms with Crippen LogP contribution >= 0.6 is 0 Å². The summed E-state index contributed by atoms with van der Waals surface area (Å²) in [5.41, 5.74) is -1.05. The average Bonchev–Trinajstić information content (AvgIpc) is 3.18. The zero-order chi connectivity index (χ0) is 12.5. The Bertz CT molecular complexity index is 331. The molecule has 5 nitrogen and oxygen atoms in total. The van der Waals surface area contributed by atoms with E-state index in [4.69, 9.17) is 9.84 Å². The summed E-state index contributed by atoms with van der Waals surface area (Å²) in [6.45, 7) is 3.22. The fraction of sp³-hybridized carbons (Fsp3) is 0.833. The molecule has 0 saturated heterocycles. The van der Waals surface area contributed by atoms with E-state index in [-0.39, 0.29) is 17.9 Å². The van der Waals surface area contributed by atoms with E-state index >= 15 is 0 Å². The summed E-state index contributed by atoms with van der Waals surface area (Å²) in [6.07, 6.45) is 3.03. The molecule has 2 aliphatic rings. The summed E-state index contributed by atoms with van der Waals surface area (Å²) >= 11 is 0. The third-order valence-electron chi connectivity index (χ3n) is 3.81. The Balaban J connectivity index is 1.80. The predicted molar refractivity (Wildman–Crippen MR) is 60.5 cm³/mol. The van der Waals surface area contributed by atoms with Crippen LogP contribution in [0.4, 0.5) is 0 Å².